The van der Waals surface area contributed by atoms with E-state index in [1.54, 1.807) is 6.20 Å². The highest BCUT2D eigenvalue weighted by atomic mass is 31.0. The van der Waals surface area contributed by atoms with Crippen LogP contribution in [-0.2, 0) is 0 Å². The van der Waals surface area contributed by atoms with Gasteiger partial charge in [-0.25, -0.2) is 4.98 Å². The molecule has 0 amide bonds. The Balaban J connectivity index is 2.94. The Morgan fingerprint density at radius 2 is 2.33 bits per heavy atom. The van der Waals surface area contributed by atoms with Gasteiger partial charge in [-0.2, -0.15) is 0 Å². The van der Waals surface area contributed by atoms with Crippen LogP contribution in [-0.4, -0.2) is 4.98 Å². The predicted octanol–water partition coefficient (Wildman–Crippen LogP) is 1.27. The van der Waals surface area contributed by atoms with Crippen LogP contribution in [0.1, 0.15) is 5.69 Å². The van der Waals surface area contributed by atoms with Gasteiger partial charge in [0.15, 0.2) is 0 Å². The van der Waals surface area contributed by atoms with Crippen molar-refractivity contribution in [3.05, 3.63) is 30.1 Å². The fraction of sp³-hybridized carbons (Fsp3) is 0. The summed E-state index contributed by atoms with van der Waals surface area (Å²) in [7, 11) is 2.33. The van der Waals surface area contributed by atoms with E-state index >= 15 is 0 Å². The molecule has 0 aliphatic heterocycles. The van der Waals surface area contributed by atoms with Gasteiger partial charge < -0.3 is 0 Å². The molecule has 1 rings (SSSR count). The molecule has 9 heavy (non-hydrogen) atoms. The molecule has 0 spiro atoms. The zero-order chi connectivity index (χ0) is 6.53. The Hall–Kier alpha value is -0.860. The molecule has 0 saturated carbocycles. The molecule has 1 unspecified atom stereocenters. The Morgan fingerprint density at radius 3 is 2.89 bits per heavy atom. The lowest BCUT2D eigenvalue weighted by Gasteiger charge is -1.82. The Bertz CT molecular complexity index is 232. The molecule has 0 fully saturated rings. The van der Waals surface area contributed by atoms with E-state index in [1.807, 2.05) is 18.2 Å². The van der Waals surface area contributed by atoms with Crippen molar-refractivity contribution in [1.82, 2.24) is 4.98 Å². The number of nitrogens with zero attached hydrogens (tertiary/aromatic N) is 1. The minimum atomic E-state index is 0.813. The third-order valence-electron chi connectivity index (χ3n) is 0.865. The lowest BCUT2D eigenvalue weighted by atomic mass is 10.4. The summed E-state index contributed by atoms with van der Waals surface area (Å²) in [6, 6.07) is 5.66. The highest BCUT2D eigenvalue weighted by Gasteiger charge is 1.79. The summed E-state index contributed by atoms with van der Waals surface area (Å²) in [6.07, 6.45) is 1.73. The zero-order valence-corrected chi connectivity index (χ0v) is 5.99. The molecule has 1 nitrogen and oxygen atoms in total. The van der Waals surface area contributed by atoms with E-state index in [-0.39, 0.29) is 0 Å². The molecule has 0 N–H and O–H groups in total. The number of pyridine rings is 1. The van der Waals surface area contributed by atoms with Gasteiger partial charge in [0, 0.05) is 6.20 Å². The topological polar surface area (TPSA) is 12.9 Å². The van der Waals surface area contributed by atoms with Crippen LogP contribution >= 0.6 is 9.24 Å². The van der Waals surface area contributed by atoms with Gasteiger partial charge in [-0.1, -0.05) is 21.0 Å². The fourth-order valence-electron chi connectivity index (χ4n) is 0.511. The minimum Gasteiger partial charge on any atom is -0.248 e. The van der Waals surface area contributed by atoms with Crippen molar-refractivity contribution in [2.75, 3.05) is 0 Å². The van der Waals surface area contributed by atoms with Crippen molar-refractivity contribution in [2.45, 2.75) is 0 Å². The first-order valence-corrected chi connectivity index (χ1v) is 3.14. The van der Waals surface area contributed by atoms with Crippen molar-refractivity contribution < 1.29 is 0 Å². The summed E-state index contributed by atoms with van der Waals surface area (Å²) >= 11 is 0. The van der Waals surface area contributed by atoms with Crippen LogP contribution in [0.15, 0.2) is 24.4 Å². The van der Waals surface area contributed by atoms with E-state index in [0.29, 0.717) is 0 Å². The second-order valence-electron chi connectivity index (χ2n) is 1.48. The summed E-state index contributed by atoms with van der Waals surface area (Å²) in [4.78, 5) is 3.98. The van der Waals surface area contributed by atoms with E-state index in [4.69, 9.17) is 0 Å². The van der Waals surface area contributed by atoms with Crippen molar-refractivity contribution in [3.63, 3.8) is 0 Å². The van der Waals surface area contributed by atoms with Crippen molar-refractivity contribution in [1.29, 1.82) is 0 Å². The van der Waals surface area contributed by atoms with Gasteiger partial charge in [-0.15, -0.1) is 0 Å². The maximum absolute atomic E-state index is 3.98. The predicted molar refractivity (Wildman–Crippen MR) is 40.8 cm³/mol. The summed E-state index contributed by atoms with van der Waals surface area (Å²) in [5.74, 6) is 2.81. The smallest absolute Gasteiger partial charge is 0.113 e. The molecule has 0 saturated heterocycles. The van der Waals surface area contributed by atoms with Gasteiger partial charge in [-0.05, 0) is 18.1 Å². The summed E-state index contributed by atoms with van der Waals surface area (Å²) in [5, 5.41) is 0. The second-order valence-corrected chi connectivity index (χ2v) is 1.77. The molecule has 1 aromatic heterocycles. The maximum Gasteiger partial charge on any atom is 0.113 e. The maximum atomic E-state index is 3.98. The van der Waals surface area contributed by atoms with Gasteiger partial charge >= 0.3 is 0 Å². The number of aromatic nitrogens is 1. The highest BCUT2D eigenvalue weighted by Crippen LogP contribution is 1.89. The quantitative estimate of drug-likeness (QED) is 0.385. The van der Waals surface area contributed by atoms with Gasteiger partial charge in [-0.3, -0.25) is 0 Å². The Kier molecular flexibility index (Phi) is 2.24. The normalized spacial score (nSPS) is 7.67. The van der Waals surface area contributed by atoms with Gasteiger partial charge in [0.1, 0.15) is 5.69 Å². The molecular formula is C7H6NP. The molecule has 1 heterocycles. The summed E-state index contributed by atoms with van der Waals surface area (Å²) < 4.78 is 0. The standard InChI is InChI=1S/C7H6NP/c9-6-4-7-3-1-2-5-8-7/h1-3,5H,9H2. The van der Waals surface area contributed by atoms with Gasteiger partial charge in [0.25, 0.3) is 0 Å². The van der Waals surface area contributed by atoms with E-state index < -0.39 is 0 Å². The summed E-state index contributed by atoms with van der Waals surface area (Å²) in [5.41, 5.74) is 3.50. The summed E-state index contributed by atoms with van der Waals surface area (Å²) in [6.45, 7) is 0. The van der Waals surface area contributed by atoms with E-state index in [1.165, 1.54) is 0 Å². The van der Waals surface area contributed by atoms with Gasteiger partial charge in [0.05, 0.1) is 0 Å². The van der Waals surface area contributed by atoms with E-state index in [2.05, 4.69) is 25.8 Å². The molecule has 1 aromatic rings. The third kappa shape index (κ3) is 1.83. The van der Waals surface area contributed by atoms with E-state index in [0.717, 1.165) is 5.69 Å². The molecule has 0 aromatic carbocycles. The molecule has 2 heteroatoms. The van der Waals surface area contributed by atoms with Crippen LogP contribution in [0.4, 0.5) is 0 Å². The van der Waals surface area contributed by atoms with Crippen LogP contribution in [0.5, 0.6) is 0 Å². The van der Waals surface area contributed by atoms with Gasteiger partial charge in [0.2, 0.25) is 0 Å². The average molecular weight is 135 g/mol. The Morgan fingerprint density at radius 1 is 1.44 bits per heavy atom. The van der Waals surface area contributed by atoms with Crippen molar-refractivity contribution in [2.24, 2.45) is 0 Å². The largest absolute Gasteiger partial charge is 0.248 e. The number of rotatable bonds is 0. The van der Waals surface area contributed by atoms with Crippen molar-refractivity contribution in [3.8, 4) is 11.6 Å². The fourth-order valence-corrected chi connectivity index (χ4v) is 0.659. The lowest BCUT2D eigenvalue weighted by molar-refractivity contribution is 1.29. The number of hydrogen-bond donors (Lipinski definition) is 0. The molecule has 44 valence electrons. The number of hydrogen-bond acceptors (Lipinski definition) is 1. The highest BCUT2D eigenvalue weighted by molar-refractivity contribution is 7.23. The minimum absolute atomic E-state index is 0.813. The second kappa shape index (κ2) is 3.22. The molecule has 0 aliphatic carbocycles. The molecule has 0 radical (unpaired) electrons. The zero-order valence-electron chi connectivity index (χ0n) is 4.83. The Labute approximate surface area is 56.7 Å². The first-order valence-electron chi connectivity index (χ1n) is 2.56. The first-order chi connectivity index (χ1) is 4.43. The monoisotopic (exact) mass is 135 g/mol. The van der Waals surface area contributed by atoms with Crippen LogP contribution in [0, 0.1) is 11.6 Å². The van der Waals surface area contributed by atoms with Crippen LogP contribution in [0.25, 0.3) is 0 Å². The first kappa shape index (κ1) is 6.26. The molecule has 0 aliphatic rings. The SMILES string of the molecule is PC#Cc1ccccn1. The third-order valence-corrected chi connectivity index (χ3v) is 1.01. The van der Waals surface area contributed by atoms with E-state index in [9.17, 15) is 0 Å². The van der Waals surface area contributed by atoms with Crippen LogP contribution < -0.4 is 0 Å². The average Bonchev–Trinajstić information content (AvgIpc) is 1.91. The van der Waals surface area contributed by atoms with Crippen LogP contribution in [0.2, 0.25) is 0 Å². The molecule has 1 atom stereocenters. The molecular weight excluding hydrogens is 129 g/mol. The van der Waals surface area contributed by atoms with Crippen LogP contribution in [0.3, 0.4) is 0 Å². The lowest BCUT2D eigenvalue weighted by Crippen LogP contribution is -1.75. The molecule has 0 bridgehead atoms. The van der Waals surface area contributed by atoms with Crippen molar-refractivity contribution >= 4 is 9.24 Å².